The van der Waals surface area contributed by atoms with Gasteiger partial charge in [0.2, 0.25) is 0 Å². The van der Waals surface area contributed by atoms with E-state index in [0.29, 0.717) is 5.56 Å². The minimum atomic E-state index is -1.23. The molecular formula is C10H8FNO4. The van der Waals surface area contributed by atoms with Crippen LogP contribution in [0, 0.1) is 5.82 Å². The second kappa shape index (κ2) is 3.80. The quantitative estimate of drug-likeness (QED) is 0.743. The van der Waals surface area contributed by atoms with Crippen molar-refractivity contribution in [3.8, 4) is 0 Å². The first-order valence-corrected chi connectivity index (χ1v) is 4.53. The third kappa shape index (κ3) is 1.81. The number of hydrogen-bond acceptors (Lipinski definition) is 3. The van der Waals surface area contributed by atoms with E-state index >= 15 is 0 Å². The van der Waals surface area contributed by atoms with Crippen molar-refractivity contribution < 1.29 is 23.8 Å². The van der Waals surface area contributed by atoms with Crippen molar-refractivity contribution in [1.82, 2.24) is 5.32 Å². The lowest BCUT2D eigenvalue weighted by molar-refractivity contribution is 0.0535. The molecule has 0 aromatic heterocycles. The van der Waals surface area contributed by atoms with Gasteiger partial charge in [-0.25, -0.2) is 14.0 Å². The van der Waals surface area contributed by atoms with E-state index in [1.54, 1.807) is 0 Å². The minimum absolute atomic E-state index is 0.106. The van der Waals surface area contributed by atoms with E-state index in [9.17, 15) is 14.0 Å². The number of carbonyl (C=O) groups excluding carboxylic acids is 1. The molecule has 84 valence electrons. The van der Waals surface area contributed by atoms with Crippen LogP contribution < -0.4 is 5.32 Å². The fraction of sp³-hybridized carbons (Fsp3) is 0.200. The van der Waals surface area contributed by atoms with E-state index in [1.165, 1.54) is 6.07 Å². The Hall–Kier alpha value is -2.11. The van der Waals surface area contributed by atoms with Gasteiger partial charge in [0.15, 0.2) is 0 Å². The van der Waals surface area contributed by atoms with E-state index in [-0.39, 0.29) is 24.3 Å². The molecule has 2 rings (SSSR count). The Morgan fingerprint density at radius 2 is 2.31 bits per heavy atom. The molecule has 6 heteroatoms. The number of benzene rings is 1. The fourth-order valence-electron chi connectivity index (χ4n) is 1.51. The molecule has 0 atom stereocenters. The second-order valence-electron chi connectivity index (χ2n) is 3.34. The number of amides is 1. The van der Waals surface area contributed by atoms with Crippen LogP contribution in [0.5, 0.6) is 0 Å². The van der Waals surface area contributed by atoms with Crippen molar-refractivity contribution in [1.29, 1.82) is 0 Å². The molecule has 0 fully saturated rings. The molecule has 5 nitrogen and oxygen atoms in total. The number of halogens is 1. The van der Waals surface area contributed by atoms with Gasteiger partial charge in [0.1, 0.15) is 12.4 Å². The number of rotatable bonds is 2. The highest BCUT2D eigenvalue weighted by Crippen LogP contribution is 2.23. The maximum atomic E-state index is 13.4. The van der Waals surface area contributed by atoms with E-state index in [2.05, 4.69) is 5.32 Å². The predicted molar refractivity (Wildman–Crippen MR) is 50.4 cm³/mol. The number of carboxylic acid groups (broad SMARTS) is 1. The van der Waals surface area contributed by atoms with Gasteiger partial charge >= 0.3 is 12.1 Å². The van der Waals surface area contributed by atoms with Crippen LogP contribution in [0.2, 0.25) is 0 Å². The summed E-state index contributed by atoms with van der Waals surface area (Å²) in [6.45, 7) is -0.0306. The number of esters is 1. The van der Waals surface area contributed by atoms with Gasteiger partial charge in [-0.15, -0.1) is 0 Å². The highest BCUT2D eigenvalue weighted by Gasteiger charge is 2.23. The summed E-state index contributed by atoms with van der Waals surface area (Å²) in [6, 6.07) is 2.51. The van der Waals surface area contributed by atoms with E-state index in [4.69, 9.17) is 9.84 Å². The smallest absolute Gasteiger partial charge is 0.404 e. The summed E-state index contributed by atoms with van der Waals surface area (Å²) < 4.78 is 18.1. The molecule has 0 spiro atoms. The number of carbonyl (C=O) groups is 2. The largest absolute Gasteiger partial charge is 0.465 e. The third-order valence-corrected chi connectivity index (χ3v) is 2.28. The maximum absolute atomic E-state index is 13.4. The van der Waals surface area contributed by atoms with Crippen molar-refractivity contribution in [2.45, 2.75) is 13.2 Å². The van der Waals surface area contributed by atoms with Gasteiger partial charge in [0.05, 0.1) is 5.56 Å². The second-order valence-corrected chi connectivity index (χ2v) is 3.34. The first-order valence-electron chi connectivity index (χ1n) is 4.53. The Kier molecular flexibility index (Phi) is 2.47. The van der Waals surface area contributed by atoms with Gasteiger partial charge in [-0.05, 0) is 12.1 Å². The molecule has 0 bridgehead atoms. The number of fused-ring (bicyclic) bond motifs is 1. The topological polar surface area (TPSA) is 75.6 Å². The van der Waals surface area contributed by atoms with E-state index < -0.39 is 17.9 Å². The maximum Gasteiger partial charge on any atom is 0.404 e. The van der Waals surface area contributed by atoms with Crippen molar-refractivity contribution in [2.75, 3.05) is 0 Å². The Labute approximate surface area is 89.8 Å². The van der Waals surface area contributed by atoms with Crippen LogP contribution in [0.25, 0.3) is 0 Å². The van der Waals surface area contributed by atoms with E-state index in [1.807, 2.05) is 0 Å². The summed E-state index contributed by atoms with van der Waals surface area (Å²) >= 11 is 0. The number of nitrogens with one attached hydrogen (secondary N) is 1. The van der Waals surface area contributed by atoms with Gasteiger partial charge in [0.25, 0.3) is 0 Å². The Balaban J connectivity index is 2.28. The van der Waals surface area contributed by atoms with Crippen LogP contribution in [0.4, 0.5) is 9.18 Å². The summed E-state index contributed by atoms with van der Waals surface area (Å²) in [6.07, 6.45) is -1.23. The number of hydrogen-bond donors (Lipinski definition) is 2. The molecule has 1 aromatic carbocycles. The lowest BCUT2D eigenvalue weighted by Gasteiger charge is -2.04. The van der Waals surface area contributed by atoms with Crippen LogP contribution in [-0.4, -0.2) is 17.2 Å². The van der Waals surface area contributed by atoms with Crippen LogP contribution >= 0.6 is 0 Å². The highest BCUT2D eigenvalue weighted by molar-refractivity contribution is 5.93. The van der Waals surface area contributed by atoms with Crippen LogP contribution in [0.1, 0.15) is 21.5 Å². The molecule has 0 saturated heterocycles. The lowest BCUT2D eigenvalue weighted by atomic mass is 10.1. The predicted octanol–water partition coefficient (Wildman–Crippen LogP) is 1.26. The molecule has 1 aliphatic heterocycles. The average Bonchev–Trinajstić information content (AvgIpc) is 2.57. The van der Waals surface area contributed by atoms with Crippen molar-refractivity contribution in [3.05, 3.63) is 34.6 Å². The monoisotopic (exact) mass is 225 g/mol. The first-order chi connectivity index (χ1) is 7.58. The number of ether oxygens (including phenoxy) is 1. The SMILES string of the molecule is O=C(O)NCc1cc2c(cc1F)C(=O)OC2. The zero-order valence-electron chi connectivity index (χ0n) is 8.12. The molecule has 1 aliphatic rings. The molecule has 2 N–H and O–H groups in total. The summed E-state index contributed by atoms with van der Waals surface area (Å²) in [7, 11) is 0. The first kappa shape index (κ1) is 10.4. The van der Waals surface area contributed by atoms with E-state index in [0.717, 1.165) is 6.07 Å². The molecule has 1 aromatic rings. The lowest BCUT2D eigenvalue weighted by Crippen LogP contribution is -2.20. The summed E-state index contributed by atoms with van der Waals surface area (Å²) in [5, 5.41) is 10.4. The molecule has 0 radical (unpaired) electrons. The summed E-state index contributed by atoms with van der Waals surface area (Å²) in [4.78, 5) is 21.4. The highest BCUT2D eigenvalue weighted by atomic mass is 19.1. The Morgan fingerprint density at radius 3 is 3.00 bits per heavy atom. The molecule has 16 heavy (non-hydrogen) atoms. The molecule has 1 heterocycles. The average molecular weight is 225 g/mol. The van der Waals surface area contributed by atoms with Gasteiger partial charge in [-0.2, -0.15) is 0 Å². The van der Waals surface area contributed by atoms with Gasteiger partial charge in [-0.1, -0.05) is 0 Å². The van der Waals surface area contributed by atoms with Crippen LogP contribution in [0.3, 0.4) is 0 Å². The standard InChI is InChI=1S/C10H8FNO4/c11-8-2-7-6(4-16-9(7)13)1-5(8)3-12-10(14)15/h1-2,12H,3-4H2,(H,14,15). The fourth-order valence-corrected chi connectivity index (χ4v) is 1.51. The van der Waals surface area contributed by atoms with Crippen molar-refractivity contribution in [2.24, 2.45) is 0 Å². The zero-order chi connectivity index (χ0) is 11.7. The van der Waals surface area contributed by atoms with Crippen molar-refractivity contribution in [3.63, 3.8) is 0 Å². The van der Waals surface area contributed by atoms with Crippen molar-refractivity contribution >= 4 is 12.1 Å². The Bertz CT molecular complexity index is 472. The van der Waals surface area contributed by atoms with Gasteiger partial charge < -0.3 is 15.2 Å². The van der Waals surface area contributed by atoms with Gasteiger partial charge in [0, 0.05) is 17.7 Å². The Morgan fingerprint density at radius 1 is 1.56 bits per heavy atom. The normalized spacial score (nSPS) is 13.2. The molecule has 0 unspecified atom stereocenters. The molecule has 0 saturated carbocycles. The summed E-state index contributed by atoms with van der Waals surface area (Å²) in [5.74, 6) is -1.17. The van der Waals surface area contributed by atoms with Gasteiger partial charge in [-0.3, -0.25) is 0 Å². The molecule has 0 aliphatic carbocycles. The molecule has 1 amide bonds. The molecular weight excluding hydrogens is 217 g/mol. The zero-order valence-corrected chi connectivity index (χ0v) is 8.12. The summed E-state index contributed by atoms with van der Waals surface area (Å²) in [5.41, 5.74) is 0.976. The van der Waals surface area contributed by atoms with Crippen LogP contribution in [0.15, 0.2) is 12.1 Å². The minimum Gasteiger partial charge on any atom is -0.465 e. The third-order valence-electron chi connectivity index (χ3n) is 2.28. The number of cyclic esters (lactones) is 1. The van der Waals surface area contributed by atoms with Crippen LogP contribution in [-0.2, 0) is 17.9 Å².